The van der Waals surface area contributed by atoms with Gasteiger partial charge in [0.25, 0.3) is 5.91 Å². The predicted octanol–water partition coefficient (Wildman–Crippen LogP) is 2.83. The Hall–Kier alpha value is -2.69. The van der Waals surface area contributed by atoms with Crippen molar-refractivity contribution in [3.8, 4) is 0 Å². The third kappa shape index (κ3) is 4.65. The zero-order chi connectivity index (χ0) is 17.7. The van der Waals surface area contributed by atoms with Gasteiger partial charge in [-0.25, -0.2) is 4.39 Å². The van der Waals surface area contributed by atoms with E-state index in [9.17, 15) is 14.0 Å². The van der Waals surface area contributed by atoms with E-state index in [-0.39, 0.29) is 30.7 Å². The quantitative estimate of drug-likeness (QED) is 0.917. The lowest BCUT2D eigenvalue weighted by Crippen LogP contribution is -2.38. The van der Waals surface area contributed by atoms with Gasteiger partial charge in [-0.3, -0.25) is 9.59 Å². The molecule has 126 valence electrons. The number of nitrogens with one attached hydrogen (secondary N) is 1. The second-order valence-electron chi connectivity index (χ2n) is 5.90. The summed E-state index contributed by atoms with van der Waals surface area (Å²) in [6.45, 7) is 3.86. The van der Waals surface area contributed by atoms with E-state index in [1.54, 1.807) is 37.4 Å². The van der Waals surface area contributed by atoms with Crippen LogP contribution in [0.5, 0.6) is 0 Å². The van der Waals surface area contributed by atoms with E-state index in [2.05, 4.69) is 5.32 Å². The van der Waals surface area contributed by atoms with Crippen LogP contribution in [-0.4, -0.2) is 30.3 Å². The van der Waals surface area contributed by atoms with Gasteiger partial charge >= 0.3 is 0 Å². The molecule has 0 bridgehead atoms. The summed E-state index contributed by atoms with van der Waals surface area (Å²) < 4.78 is 13.6. The van der Waals surface area contributed by atoms with Crippen molar-refractivity contribution in [2.24, 2.45) is 0 Å². The summed E-state index contributed by atoms with van der Waals surface area (Å²) in [5.74, 6) is -0.929. The molecule has 0 fully saturated rings. The van der Waals surface area contributed by atoms with E-state index in [1.165, 1.54) is 11.0 Å². The molecule has 0 aliphatic carbocycles. The van der Waals surface area contributed by atoms with Gasteiger partial charge in [0, 0.05) is 24.7 Å². The molecule has 0 radical (unpaired) electrons. The number of benzene rings is 2. The minimum Gasteiger partial charge on any atom is -0.343 e. The molecule has 0 saturated heterocycles. The standard InChI is InChI=1S/C19H21FN2O2/c1-13-8-14(2)10-16(9-13)19(24)21-11-18(23)22(3)12-15-6-4-5-7-17(15)20/h4-10H,11-12H2,1-3H3,(H,21,24). The van der Waals surface area contributed by atoms with Gasteiger partial charge in [0.15, 0.2) is 0 Å². The van der Waals surface area contributed by atoms with Crippen LogP contribution < -0.4 is 5.32 Å². The first-order valence-electron chi connectivity index (χ1n) is 7.70. The number of hydrogen-bond donors (Lipinski definition) is 1. The lowest BCUT2D eigenvalue weighted by atomic mass is 10.1. The molecular weight excluding hydrogens is 307 g/mol. The van der Waals surface area contributed by atoms with Crippen LogP contribution >= 0.6 is 0 Å². The summed E-state index contributed by atoms with van der Waals surface area (Å²) in [5, 5.41) is 2.61. The van der Waals surface area contributed by atoms with Crippen molar-refractivity contribution < 1.29 is 14.0 Å². The van der Waals surface area contributed by atoms with Gasteiger partial charge in [0.05, 0.1) is 6.54 Å². The SMILES string of the molecule is Cc1cc(C)cc(C(=O)NCC(=O)N(C)Cc2ccccc2F)c1. The van der Waals surface area contributed by atoms with Gasteiger partial charge < -0.3 is 10.2 Å². The number of halogens is 1. The molecule has 0 aromatic heterocycles. The van der Waals surface area contributed by atoms with E-state index >= 15 is 0 Å². The first-order chi connectivity index (χ1) is 11.4. The number of aryl methyl sites for hydroxylation is 2. The van der Waals surface area contributed by atoms with Crippen LogP contribution in [0.4, 0.5) is 4.39 Å². The molecular formula is C19H21FN2O2. The van der Waals surface area contributed by atoms with Crippen LogP contribution in [-0.2, 0) is 11.3 Å². The monoisotopic (exact) mass is 328 g/mol. The molecule has 0 aliphatic heterocycles. The minimum atomic E-state index is -0.351. The third-order valence-corrected chi connectivity index (χ3v) is 3.68. The highest BCUT2D eigenvalue weighted by atomic mass is 19.1. The molecule has 0 atom stereocenters. The number of likely N-dealkylation sites (N-methyl/N-ethyl adjacent to an activating group) is 1. The van der Waals surface area contributed by atoms with Crippen molar-refractivity contribution in [3.05, 3.63) is 70.5 Å². The zero-order valence-electron chi connectivity index (χ0n) is 14.1. The number of carbonyl (C=O) groups is 2. The van der Waals surface area contributed by atoms with E-state index in [1.807, 2.05) is 19.9 Å². The van der Waals surface area contributed by atoms with Crippen LogP contribution in [0.2, 0.25) is 0 Å². The van der Waals surface area contributed by atoms with E-state index < -0.39 is 0 Å². The summed E-state index contributed by atoms with van der Waals surface area (Å²) in [5.41, 5.74) is 2.94. The fraction of sp³-hybridized carbons (Fsp3) is 0.263. The number of carbonyl (C=O) groups excluding carboxylic acids is 2. The topological polar surface area (TPSA) is 49.4 Å². The Morgan fingerprint density at radius 3 is 2.33 bits per heavy atom. The average molecular weight is 328 g/mol. The number of hydrogen-bond acceptors (Lipinski definition) is 2. The number of amides is 2. The first-order valence-corrected chi connectivity index (χ1v) is 7.70. The molecule has 2 amide bonds. The summed E-state index contributed by atoms with van der Waals surface area (Å²) >= 11 is 0. The Labute approximate surface area is 141 Å². The van der Waals surface area contributed by atoms with Gasteiger partial charge in [-0.2, -0.15) is 0 Å². The summed E-state index contributed by atoms with van der Waals surface area (Å²) in [6.07, 6.45) is 0. The average Bonchev–Trinajstić information content (AvgIpc) is 2.53. The lowest BCUT2D eigenvalue weighted by Gasteiger charge is -2.18. The molecule has 5 heteroatoms. The summed E-state index contributed by atoms with van der Waals surface area (Å²) in [4.78, 5) is 25.7. The van der Waals surface area contributed by atoms with Crippen LogP contribution in [0.15, 0.2) is 42.5 Å². The Balaban J connectivity index is 1.92. The maximum absolute atomic E-state index is 13.6. The number of nitrogens with zero attached hydrogens (tertiary/aromatic N) is 1. The maximum atomic E-state index is 13.6. The van der Waals surface area contributed by atoms with Crippen LogP contribution in [0.1, 0.15) is 27.0 Å². The summed E-state index contributed by atoms with van der Waals surface area (Å²) in [6, 6.07) is 11.8. The van der Waals surface area contributed by atoms with Crippen LogP contribution in [0.3, 0.4) is 0 Å². The predicted molar refractivity (Wildman–Crippen MR) is 91.1 cm³/mol. The van der Waals surface area contributed by atoms with Crippen molar-refractivity contribution in [2.75, 3.05) is 13.6 Å². The van der Waals surface area contributed by atoms with Gasteiger partial charge in [0.1, 0.15) is 5.82 Å². The minimum absolute atomic E-state index is 0.128. The molecule has 0 heterocycles. The summed E-state index contributed by atoms with van der Waals surface area (Å²) in [7, 11) is 1.58. The second kappa shape index (κ2) is 7.73. The zero-order valence-corrected chi connectivity index (χ0v) is 14.1. The van der Waals surface area contributed by atoms with E-state index in [0.717, 1.165) is 11.1 Å². The Kier molecular flexibility index (Phi) is 5.68. The van der Waals surface area contributed by atoms with Gasteiger partial charge in [-0.15, -0.1) is 0 Å². The molecule has 2 aromatic carbocycles. The highest BCUT2D eigenvalue weighted by Crippen LogP contribution is 2.10. The maximum Gasteiger partial charge on any atom is 0.251 e. The van der Waals surface area contributed by atoms with Crippen molar-refractivity contribution in [3.63, 3.8) is 0 Å². The lowest BCUT2D eigenvalue weighted by molar-refractivity contribution is -0.129. The second-order valence-corrected chi connectivity index (χ2v) is 5.90. The van der Waals surface area contributed by atoms with Gasteiger partial charge in [-0.05, 0) is 32.0 Å². The van der Waals surface area contributed by atoms with Crippen molar-refractivity contribution in [1.29, 1.82) is 0 Å². The van der Waals surface area contributed by atoms with E-state index in [4.69, 9.17) is 0 Å². The third-order valence-electron chi connectivity index (χ3n) is 3.68. The van der Waals surface area contributed by atoms with Crippen molar-refractivity contribution in [1.82, 2.24) is 10.2 Å². The molecule has 24 heavy (non-hydrogen) atoms. The van der Waals surface area contributed by atoms with Crippen LogP contribution in [0, 0.1) is 19.7 Å². The fourth-order valence-corrected chi connectivity index (χ4v) is 2.47. The highest BCUT2D eigenvalue weighted by molar-refractivity contribution is 5.96. The van der Waals surface area contributed by atoms with E-state index in [0.29, 0.717) is 11.1 Å². The first kappa shape index (κ1) is 17.7. The normalized spacial score (nSPS) is 10.3. The fourth-order valence-electron chi connectivity index (χ4n) is 2.47. The van der Waals surface area contributed by atoms with Crippen LogP contribution in [0.25, 0.3) is 0 Å². The molecule has 4 nitrogen and oxygen atoms in total. The van der Waals surface area contributed by atoms with Gasteiger partial charge in [0.2, 0.25) is 5.91 Å². The Bertz CT molecular complexity index is 739. The smallest absolute Gasteiger partial charge is 0.251 e. The van der Waals surface area contributed by atoms with Crippen molar-refractivity contribution >= 4 is 11.8 Å². The largest absolute Gasteiger partial charge is 0.343 e. The molecule has 0 spiro atoms. The highest BCUT2D eigenvalue weighted by Gasteiger charge is 2.14. The Morgan fingerprint density at radius 1 is 1.08 bits per heavy atom. The molecule has 0 saturated carbocycles. The molecule has 2 rings (SSSR count). The van der Waals surface area contributed by atoms with Gasteiger partial charge in [-0.1, -0.05) is 35.4 Å². The number of rotatable bonds is 5. The molecule has 1 N–H and O–H groups in total. The molecule has 2 aromatic rings. The molecule has 0 aliphatic rings. The Morgan fingerprint density at radius 2 is 1.71 bits per heavy atom. The molecule has 0 unspecified atom stereocenters. The van der Waals surface area contributed by atoms with Crippen molar-refractivity contribution in [2.45, 2.75) is 20.4 Å².